The van der Waals surface area contributed by atoms with Crippen LogP contribution in [0, 0.1) is 24.2 Å². The Bertz CT molecular complexity index is 142. The van der Waals surface area contributed by atoms with Crippen LogP contribution in [0.15, 0.2) is 0 Å². The van der Waals surface area contributed by atoms with Gasteiger partial charge in [0.2, 0.25) is 0 Å². The molecule has 0 aliphatic carbocycles. The van der Waals surface area contributed by atoms with Crippen LogP contribution in [0.25, 0.3) is 0 Å². The maximum atomic E-state index is 8.73. The number of aliphatic hydroxyl groups is 1. The molecule has 0 radical (unpaired) electrons. The van der Waals surface area contributed by atoms with Crippen molar-refractivity contribution in [3.63, 3.8) is 0 Å². The maximum Gasteiger partial charge on any atom is 0.125 e. The van der Waals surface area contributed by atoms with E-state index in [-0.39, 0.29) is 0 Å². The number of hydrogen-bond donors (Lipinski definition) is 1. The summed E-state index contributed by atoms with van der Waals surface area (Å²) in [5.41, 5.74) is 0. The van der Waals surface area contributed by atoms with Crippen LogP contribution >= 0.6 is 0 Å². The quantitative estimate of drug-likeness (QED) is 0.482. The first-order chi connectivity index (χ1) is 3.81. The van der Waals surface area contributed by atoms with Gasteiger partial charge in [0.05, 0.1) is 0 Å². The SMILES string of the molecule is C#CCC(O)C#CC. The van der Waals surface area contributed by atoms with E-state index in [2.05, 4.69) is 17.8 Å². The zero-order chi connectivity index (χ0) is 6.41. The third kappa shape index (κ3) is 3.28. The lowest BCUT2D eigenvalue weighted by atomic mass is 10.3. The predicted molar refractivity (Wildman–Crippen MR) is 32.9 cm³/mol. The Morgan fingerprint density at radius 2 is 2.38 bits per heavy atom. The summed E-state index contributed by atoms with van der Waals surface area (Å²) in [6.45, 7) is 1.67. The van der Waals surface area contributed by atoms with Crippen molar-refractivity contribution < 1.29 is 5.11 Å². The maximum absolute atomic E-state index is 8.73. The van der Waals surface area contributed by atoms with E-state index in [1.807, 2.05) is 0 Å². The molecule has 0 aromatic carbocycles. The van der Waals surface area contributed by atoms with Crippen molar-refractivity contribution in [2.75, 3.05) is 0 Å². The second-order valence-corrected chi connectivity index (χ2v) is 1.32. The van der Waals surface area contributed by atoms with Crippen molar-refractivity contribution in [1.82, 2.24) is 0 Å². The van der Waals surface area contributed by atoms with Crippen molar-refractivity contribution in [2.24, 2.45) is 0 Å². The summed E-state index contributed by atoms with van der Waals surface area (Å²) in [5, 5.41) is 8.73. The molecule has 0 saturated carbocycles. The second-order valence-electron chi connectivity index (χ2n) is 1.32. The molecule has 1 heteroatoms. The number of terminal acetylenes is 1. The Balaban J connectivity index is 3.47. The van der Waals surface area contributed by atoms with Gasteiger partial charge in [0.25, 0.3) is 0 Å². The highest BCUT2D eigenvalue weighted by atomic mass is 16.3. The summed E-state index contributed by atoms with van der Waals surface area (Å²) < 4.78 is 0. The molecule has 0 spiro atoms. The Morgan fingerprint density at radius 1 is 1.75 bits per heavy atom. The van der Waals surface area contributed by atoms with Crippen LogP contribution in [0.1, 0.15) is 13.3 Å². The molecule has 0 aromatic heterocycles. The molecule has 0 rings (SSSR count). The summed E-state index contributed by atoms with van der Waals surface area (Å²) in [6, 6.07) is 0. The van der Waals surface area contributed by atoms with Gasteiger partial charge in [-0.15, -0.1) is 18.3 Å². The van der Waals surface area contributed by atoms with Gasteiger partial charge in [-0.2, -0.15) is 0 Å². The zero-order valence-electron chi connectivity index (χ0n) is 4.81. The van der Waals surface area contributed by atoms with Crippen molar-refractivity contribution in [3.05, 3.63) is 0 Å². The molecular weight excluding hydrogens is 100 g/mol. The molecule has 0 aliphatic heterocycles. The summed E-state index contributed by atoms with van der Waals surface area (Å²) in [5.74, 6) is 7.37. The average molecular weight is 108 g/mol. The molecule has 1 atom stereocenters. The Labute approximate surface area is 49.7 Å². The van der Waals surface area contributed by atoms with Gasteiger partial charge in [-0.1, -0.05) is 5.92 Å². The van der Waals surface area contributed by atoms with Crippen molar-refractivity contribution in [2.45, 2.75) is 19.4 Å². The Hall–Kier alpha value is -0.920. The predicted octanol–water partition coefficient (Wildman–Crippen LogP) is 0.394. The van der Waals surface area contributed by atoms with Crippen LogP contribution in [0.5, 0.6) is 0 Å². The van der Waals surface area contributed by atoms with Crippen LogP contribution in [-0.4, -0.2) is 11.2 Å². The van der Waals surface area contributed by atoms with Crippen molar-refractivity contribution in [1.29, 1.82) is 0 Å². The van der Waals surface area contributed by atoms with Crippen LogP contribution in [0.2, 0.25) is 0 Å². The lowest BCUT2D eigenvalue weighted by Gasteiger charge is -1.91. The zero-order valence-corrected chi connectivity index (χ0v) is 4.81. The van der Waals surface area contributed by atoms with E-state index in [1.165, 1.54) is 0 Å². The summed E-state index contributed by atoms with van der Waals surface area (Å²) in [6.07, 6.45) is 4.57. The monoisotopic (exact) mass is 108 g/mol. The minimum absolute atomic E-state index is 0.320. The largest absolute Gasteiger partial charge is 0.379 e. The van der Waals surface area contributed by atoms with Crippen molar-refractivity contribution >= 4 is 0 Å². The first kappa shape index (κ1) is 7.08. The highest BCUT2D eigenvalue weighted by molar-refractivity contribution is 5.05. The van der Waals surface area contributed by atoms with Crippen LogP contribution in [0.4, 0.5) is 0 Å². The van der Waals surface area contributed by atoms with Crippen LogP contribution in [0.3, 0.4) is 0 Å². The highest BCUT2D eigenvalue weighted by Crippen LogP contribution is 1.84. The molecule has 0 aromatic rings. The average Bonchev–Trinajstić information content (AvgIpc) is 1.68. The molecule has 0 aliphatic rings. The van der Waals surface area contributed by atoms with Gasteiger partial charge in [-0.3, -0.25) is 0 Å². The third-order valence-electron chi connectivity index (χ3n) is 0.622. The highest BCUT2D eigenvalue weighted by Gasteiger charge is 1.90. The van der Waals surface area contributed by atoms with E-state index in [1.54, 1.807) is 6.92 Å². The minimum Gasteiger partial charge on any atom is -0.379 e. The Kier molecular flexibility index (Phi) is 3.76. The second kappa shape index (κ2) is 4.24. The van der Waals surface area contributed by atoms with Gasteiger partial charge in [-0.05, 0) is 6.92 Å². The molecular formula is C7H8O. The van der Waals surface area contributed by atoms with E-state index in [0.717, 1.165) is 0 Å². The summed E-state index contributed by atoms with van der Waals surface area (Å²) >= 11 is 0. The van der Waals surface area contributed by atoms with E-state index in [9.17, 15) is 0 Å². The van der Waals surface area contributed by atoms with Gasteiger partial charge in [0.1, 0.15) is 6.10 Å². The number of rotatable bonds is 1. The fraction of sp³-hybridized carbons (Fsp3) is 0.429. The number of hydrogen-bond acceptors (Lipinski definition) is 1. The van der Waals surface area contributed by atoms with Crippen molar-refractivity contribution in [3.8, 4) is 24.2 Å². The van der Waals surface area contributed by atoms with Gasteiger partial charge in [0.15, 0.2) is 0 Å². The van der Waals surface area contributed by atoms with Gasteiger partial charge < -0.3 is 5.11 Å². The summed E-state index contributed by atoms with van der Waals surface area (Å²) in [7, 11) is 0. The topological polar surface area (TPSA) is 20.2 Å². The molecule has 0 fully saturated rings. The van der Waals surface area contributed by atoms with Gasteiger partial charge in [-0.25, -0.2) is 0 Å². The molecule has 0 amide bonds. The molecule has 1 N–H and O–H groups in total. The fourth-order valence-corrected chi connectivity index (χ4v) is 0.329. The molecule has 0 saturated heterocycles. The first-order valence-corrected chi connectivity index (χ1v) is 2.35. The lowest BCUT2D eigenvalue weighted by molar-refractivity contribution is 0.239. The minimum atomic E-state index is -0.634. The van der Waals surface area contributed by atoms with E-state index in [4.69, 9.17) is 11.5 Å². The molecule has 8 heavy (non-hydrogen) atoms. The molecule has 42 valence electrons. The Morgan fingerprint density at radius 3 is 2.75 bits per heavy atom. The van der Waals surface area contributed by atoms with Gasteiger partial charge >= 0.3 is 0 Å². The van der Waals surface area contributed by atoms with E-state index >= 15 is 0 Å². The lowest BCUT2D eigenvalue weighted by Crippen LogP contribution is -1.99. The fourth-order valence-electron chi connectivity index (χ4n) is 0.329. The smallest absolute Gasteiger partial charge is 0.125 e. The molecule has 0 heterocycles. The molecule has 1 unspecified atom stereocenters. The first-order valence-electron chi connectivity index (χ1n) is 2.35. The molecule has 1 nitrogen and oxygen atoms in total. The van der Waals surface area contributed by atoms with Gasteiger partial charge in [0, 0.05) is 6.42 Å². The van der Waals surface area contributed by atoms with E-state index in [0.29, 0.717) is 6.42 Å². The normalized spacial score (nSPS) is 10.6. The summed E-state index contributed by atoms with van der Waals surface area (Å²) in [4.78, 5) is 0. The third-order valence-corrected chi connectivity index (χ3v) is 0.622. The van der Waals surface area contributed by atoms with Crippen LogP contribution < -0.4 is 0 Å². The van der Waals surface area contributed by atoms with Crippen LogP contribution in [-0.2, 0) is 0 Å². The number of aliphatic hydroxyl groups excluding tert-OH is 1. The van der Waals surface area contributed by atoms with E-state index < -0.39 is 6.10 Å². The molecule has 0 bridgehead atoms. The standard InChI is InChI=1S/C7H8O/c1-3-5-7(8)6-4-2/h1,7-8H,5H2,2H3.